The van der Waals surface area contributed by atoms with Crippen molar-refractivity contribution in [1.29, 1.82) is 0 Å². The van der Waals surface area contributed by atoms with Crippen molar-refractivity contribution in [2.24, 2.45) is 0 Å². The molecule has 0 radical (unpaired) electrons. The van der Waals surface area contributed by atoms with Crippen molar-refractivity contribution in [3.63, 3.8) is 0 Å². The molecule has 17 heavy (non-hydrogen) atoms. The first-order valence-corrected chi connectivity index (χ1v) is 6.78. The van der Waals surface area contributed by atoms with E-state index in [0.29, 0.717) is 6.04 Å². The maximum absolute atomic E-state index is 5.98. The molecule has 1 aliphatic heterocycles. The molecule has 0 spiro atoms. The highest BCUT2D eigenvalue weighted by Gasteiger charge is 2.12. The molecule has 1 aromatic rings. The zero-order chi connectivity index (χ0) is 12.1. The molecular formula is C15H20ClN. The van der Waals surface area contributed by atoms with Gasteiger partial charge in [0, 0.05) is 11.1 Å². The third-order valence-corrected chi connectivity index (χ3v) is 3.48. The van der Waals surface area contributed by atoms with Crippen molar-refractivity contribution < 1.29 is 0 Å². The van der Waals surface area contributed by atoms with E-state index < -0.39 is 0 Å². The van der Waals surface area contributed by atoms with E-state index in [0.717, 1.165) is 11.4 Å². The number of benzene rings is 1. The fourth-order valence-corrected chi connectivity index (χ4v) is 2.63. The van der Waals surface area contributed by atoms with Gasteiger partial charge in [-0.2, -0.15) is 0 Å². The maximum Gasteiger partial charge on any atom is 0.0411 e. The lowest BCUT2D eigenvalue weighted by Gasteiger charge is -2.23. The normalized spacial score (nSPS) is 21.5. The minimum Gasteiger partial charge on any atom is -0.314 e. The quantitative estimate of drug-likeness (QED) is 0.843. The number of hydrogen-bond donors (Lipinski definition) is 1. The van der Waals surface area contributed by atoms with Crippen molar-refractivity contribution in [3.8, 4) is 0 Å². The molecule has 1 fully saturated rings. The molecule has 0 aliphatic carbocycles. The molecule has 1 aromatic carbocycles. The lowest BCUT2D eigenvalue weighted by atomic mass is 9.97. The molecule has 1 saturated heterocycles. The zero-order valence-corrected chi connectivity index (χ0v) is 11.1. The summed E-state index contributed by atoms with van der Waals surface area (Å²) >= 11 is 5.98. The fraction of sp³-hybridized carbons (Fsp3) is 0.467. The van der Waals surface area contributed by atoms with Crippen LogP contribution in [0.25, 0.3) is 6.08 Å². The SMILES string of the molecule is C/C(=C/c1cccc(Cl)c1)CC1CCCCN1. The van der Waals surface area contributed by atoms with Gasteiger partial charge in [0.25, 0.3) is 0 Å². The maximum atomic E-state index is 5.98. The Morgan fingerprint density at radius 3 is 3.06 bits per heavy atom. The van der Waals surface area contributed by atoms with Crippen molar-refractivity contribution >= 4 is 17.7 Å². The van der Waals surface area contributed by atoms with Crippen LogP contribution in [-0.4, -0.2) is 12.6 Å². The van der Waals surface area contributed by atoms with Gasteiger partial charge in [0.1, 0.15) is 0 Å². The Morgan fingerprint density at radius 1 is 1.47 bits per heavy atom. The molecule has 0 aromatic heterocycles. The van der Waals surface area contributed by atoms with Crippen LogP contribution in [0.1, 0.15) is 38.2 Å². The summed E-state index contributed by atoms with van der Waals surface area (Å²) in [5, 5.41) is 4.39. The molecule has 2 heteroatoms. The number of rotatable bonds is 3. The number of nitrogens with one attached hydrogen (secondary N) is 1. The minimum atomic E-state index is 0.666. The zero-order valence-electron chi connectivity index (χ0n) is 10.4. The first-order valence-electron chi connectivity index (χ1n) is 6.40. The van der Waals surface area contributed by atoms with E-state index in [-0.39, 0.29) is 0 Å². The Labute approximate surface area is 109 Å². The molecule has 1 nitrogen and oxygen atoms in total. The van der Waals surface area contributed by atoms with Gasteiger partial charge in [0.05, 0.1) is 0 Å². The second kappa shape index (κ2) is 6.23. The van der Waals surface area contributed by atoms with Crippen LogP contribution in [-0.2, 0) is 0 Å². The minimum absolute atomic E-state index is 0.666. The van der Waals surface area contributed by atoms with Crippen LogP contribution in [0.5, 0.6) is 0 Å². The summed E-state index contributed by atoms with van der Waals surface area (Å²) in [6.45, 7) is 3.38. The van der Waals surface area contributed by atoms with E-state index in [9.17, 15) is 0 Å². The predicted octanol–water partition coefficient (Wildman–Crippen LogP) is 4.28. The molecule has 92 valence electrons. The van der Waals surface area contributed by atoms with Crippen LogP contribution in [0.3, 0.4) is 0 Å². The van der Waals surface area contributed by atoms with Gasteiger partial charge in [0.2, 0.25) is 0 Å². The van der Waals surface area contributed by atoms with Crippen LogP contribution in [0.2, 0.25) is 5.02 Å². The summed E-state index contributed by atoms with van der Waals surface area (Å²) in [5.41, 5.74) is 2.62. The Bertz CT molecular complexity index is 392. The lowest BCUT2D eigenvalue weighted by molar-refractivity contribution is 0.399. The van der Waals surface area contributed by atoms with Crippen LogP contribution in [0, 0.1) is 0 Å². The highest BCUT2D eigenvalue weighted by molar-refractivity contribution is 6.30. The second-order valence-electron chi connectivity index (χ2n) is 4.90. The predicted molar refractivity (Wildman–Crippen MR) is 75.4 cm³/mol. The monoisotopic (exact) mass is 249 g/mol. The second-order valence-corrected chi connectivity index (χ2v) is 5.33. The summed E-state index contributed by atoms with van der Waals surface area (Å²) in [7, 11) is 0. The molecule has 0 bridgehead atoms. The van der Waals surface area contributed by atoms with Crippen LogP contribution in [0.15, 0.2) is 29.8 Å². The third kappa shape index (κ3) is 4.18. The van der Waals surface area contributed by atoms with Gasteiger partial charge >= 0.3 is 0 Å². The van der Waals surface area contributed by atoms with Crippen molar-refractivity contribution in [3.05, 3.63) is 40.4 Å². The van der Waals surface area contributed by atoms with E-state index in [2.05, 4.69) is 24.4 Å². The molecular weight excluding hydrogens is 230 g/mol. The Kier molecular flexibility index (Phi) is 4.64. The van der Waals surface area contributed by atoms with Gasteiger partial charge in [-0.25, -0.2) is 0 Å². The molecule has 1 atom stereocenters. The van der Waals surface area contributed by atoms with Gasteiger partial charge in [0.15, 0.2) is 0 Å². The molecule has 1 aliphatic rings. The number of halogens is 1. The average Bonchev–Trinajstić information content (AvgIpc) is 2.30. The fourth-order valence-electron chi connectivity index (χ4n) is 2.43. The molecule has 0 saturated carbocycles. The van der Waals surface area contributed by atoms with E-state index >= 15 is 0 Å². The Hall–Kier alpha value is -0.790. The van der Waals surface area contributed by atoms with Gasteiger partial charge in [-0.3, -0.25) is 0 Å². The molecule has 1 N–H and O–H groups in total. The highest BCUT2D eigenvalue weighted by atomic mass is 35.5. The Balaban J connectivity index is 1.96. The topological polar surface area (TPSA) is 12.0 Å². The first kappa shape index (κ1) is 12.7. The third-order valence-electron chi connectivity index (χ3n) is 3.24. The van der Waals surface area contributed by atoms with Crippen LogP contribution < -0.4 is 5.32 Å². The van der Waals surface area contributed by atoms with Crippen LogP contribution in [0.4, 0.5) is 0 Å². The van der Waals surface area contributed by atoms with Gasteiger partial charge < -0.3 is 5.32 Å². The van der Waals surface area contributed by atoms with Crippen LogP contribution >= 0.6 is 11.6 Å². The molecule has 0 amide bonds. The number of hydrogen-bond acceptors (Lipinski definition) is 1. The lowest BCUT2D eigenvalue weighted by Crippen LogP contribution is -2.33. The van der Waals surface area contributed by atoms with Gasteiger partial charge in [-0.05, 0) is 50.4 Å². The smallest absolute Gasteiger partial charge is 0.0411 e. The van der Waals surface area contributed by atoms with Gasteiger partial charge in [-0.1, -0.05) is 41.8 Å². The van der Waals surface area contributed by atoms with Crippen molar-refractivity contribution in [2.75, 3.05) is 6.54 Å². The van der Waals surface area contributed by atoms with E-state index in [4.69, 9.17) is 11.6 Å². The highest BCUT2D eigenvalue weighted by Crippen LogP contribution is 2.18. The standard InChI is InChI=1S/C15H20ClN/c1-12(10-15-7-2-3-8-17-15)9-13-5-4-6-14(16)11-13/h4-6,9,11,15,17H,2-3,7-8,10H2,1H3/b12-9-. The van der Waals surface area contributed by atoms with E-state index in [1.165, 1.54) is 36.9 Å². The number of piperidine rings is 1. The molecule has 1 heterocycles. The summed E-state index contributed by atoms with van der Waals surface area (Å²) in [5.74, 6) is 0. The molecule has 1 unspecified atom stereocenters. The van der Waals surface area contributed by atoms with E-state index in [1.807, 2.05) is 18.2 Å². The summed E-state index contributed by atoms with van der Waals surface area (Å²) < 4.78 is 0. The average molecular weight is 250 g/mol. The molecule has 2 rings (SSSR count). The Morgan fingerprint density at radius 2 is 2.35 bits per heavy atom. The van der Waals surface area contributed by atoms with Gasteiger partial charge in [-0.15, -0.1) is 0 Å². The van der Waals surface area contributed by atoms with E-state index in [1.54, 1.807) is 0 Å². The first-order chi connectivity index (χ1) is 8.24. The van der Waals surface area contributed by atoms with Crippen molar-refractivity contribution in [2.45, 2.75) is 38.6 Å². The largest absolute Gasteiger partial charge is 0.314 e. The summed E-state index contributed by atoms with van der Waals surface area (Å²) in [6, 6.07) is 8.69. The van der Waals surface area contributed by atoms with Crippen molar-refractivity contribution in [1.82, 2.24) is 5.32 Å². The summed E-state index contributed by atoms with van der Waals surface area (Å²) in [6.07, 6.45) is 7.38. The summed E-state index contributed by atoms with van der Waals surface area (Å²) in [4.78, 5) is 0.